The molecule has 1 aromatic carbocycles. The number of anilines is 1. The second-order valence-electron chi connectivity index (χ2n) is 6.50. The van der Waals surface area contributed by atoms with Crippen LogP contribution in [0.3, 0.4) is 0 Å². The second-order valence-corrected chi connectivity index (χ2v) is 6.50. The number of halogens is 1. The van der Waals surface area contributed by atoms with E-state index in [1.807, 2.05) is 11.5 Å². The lowest BCUT2D eigenvalue weighted by Crippen LogP contribution is -2.24. The number of ether oxygens (including phenoxy) is 1. The van der Waals surface area contributed by atoms with E-state index in [1.54, 1.807) is 18.3 Å². The van der Waals surface area contributed by atoms with E-state index >= 15 is 0 Å². The van der Waals surface area contributed by atoms with Gasteiger partial charge in [-0.3, -0.25) is 9.59 Å². The van der Waals surface area contributed by atoms with Crippen molar-refractivity contribution in [2.45, 2.75) is 40.2 Å². The fraction of sp³-hybridized carbons (Fsp3) is 0.400. The Bertz CT molecular complexity index is 815. The number of pyridine rings is 1. The molecule has 140 valence electrons. The minimum atomic E-state index is -0.522. The van der Waals surface area contributed by atoms with Gasteiger partial charge in [0.1, 0.15) is 5.82 Å². The largest absolute Gasteiger partial charge is 0.478 e. The summed E-state index contributed by atoms with van der Waals surface area (Å²) in [7, 11) is 0. The molecule has 0 unspecified atom stereocenters. The third kappa shape index (κ3) is 5.18. The van der Waals surface area contributed by atoms with Crippen LogP contribution in [0.25, 0.3) is 0 Å². The summed E-state index contributed by atoms with van der Waals surface area (Å²) in [5.41, 5.74) is 0.581. The van der Waals surface area contributed by atoms with E-state index < -0.39 is 11.7 Å². The summed E-state index contributed by atoms with van der Waals surface area (Å²) in [6, 6.07) is 7.34. The number of rotatable bonds is 8. The number of hydrogen-bond donors (Lipinski definition) is 1. The fourth-order valence-electron chi connectivity index (χ4n) is 2.61. The van der Waals surface area contributed by atoms with Crippen LogP contribution in [0.4, 0.5) is 10.1 Å². The Morgan fingerprint density at radius 3 is 2.65 bits per heavy atom. The van der Waals surface area contributed by atoms with Crippen LogP contribution in [0, 0.1) is 11.7 Å². The van der Waals surface area contributed by atoms with Crippen molar-refractivity contribution in [3.8, 4) is 5.75 Å². The van der Waals surface area contributed by atoms with Gasteiger partial charge < -0.3 is 14.6 Å². The van der Waals surface area contributed by atoms with Gasteiger partial charge in [0.25, 0.3) is 5.91 Å². The van der Waals surface area contributed by atoms with Crippen LogP contribution in [0.15, 0.2) is 41.3 Å². The standard InChI is InChI=1S/C20H25FN2O3/c1-4-17-20(18(24)10-12-23(17)11-9-14(2)3)26-13-19(25)22-16-8-6-5-7-15(16)21/h5-8,10,12,14H,4,9,11,13H2,1-3H3,(H,22,25). The molecule has 0 bridgehead atoms. The molecule has 0 atom stereocenters. The highest BCUT2D eigenvalue weighted by atomic mass is 19.1. The number of nitrogens with zero attached hydrogens (tertiary/aromatic N) is 1. The number of nitrogens with one attached hydrogen (secondary N) is 1. The highest BCUT2D eigenvalue weighted by Crippen LogP contribution is 2.17. The molecule has 1 amide bonds. The van der Waals surface area contributed by atoms with Gasteiger partial charge in [-0.2, -0.15) is 0 Å². The van der Waals surface area contributed by atoms with Crippen molar-refractivity contribution in [1.29, 1.82) is 0 Å². The predicted molar refractivity (Wildman–Crippen MR) is 100 cm³/mol. The van der Waals surface area contributed by atoms with Crippen LogP contribution in [0.1, 0.15) is 32.9 Å². The van der Waals surface area contributed by atoms with Gasteiger partial charge >= 0.3 is 0 Å². The molecule has 2 rings (SSSR count). The molecular formula is C20H25FN2O3. The van der Waals surface area contributed by atoms with Crippen molar-refractivity contribution in [2.24, 2.45) is 5.92 Å². The first-order valence-corrected chi connectivity index (χ1v) is 8.81. The van der Waals surface area contributed by atoms with Crippen molar-refractivity contribution in [1.82, 2.24) is 4.57 Å². The highest BCUT2D eigenvalue weighted by molar-refractivity contribution is 5.91. The summed E-state index contributed by atoms with van der Waals surface area (Å²) in [6.07, 6.45) is 3.34. The average Bonchev–Trinajstić information content (AvgIpc) is 2.61. The summed E-state index contributed by atoms with van der Waals surface area (Å²) < 4.78 is 21.1. The van der Waals surface area contributed by atoms with Crippen LogP contribution < -0.4 is 15.5 Å². The normalized spacial score (nSPS) is 10.8. The second kappa shape index (κ2) is 9.17. The van der Waals surface area contributed by atoms with Gasteiger partial charge in [-0.05, 0) is 30.9 Å². The van der Waals surface area contributed by atoms with Crippen molar-refractivity contribution in [2.75, 3.05) is 11.9 Å². The van der Waals surface area contributed by atoms with Gasteiger partial charge in [0.15, 0.2) is 12.4 Å². The van der Waals surface area contributed by atoms with E-state index in [-0.39, 0.29) is 23.5 Å². The Balaban J connectivity index is 2.10. The quantitative estimate of drug-likeness (QED) is 0.782. The van der Waals surface area contributed by atoms with E-state index in [2.05, 4.69) is 19.2 Å². The molecule has 0 saturated heterocycles. The van der Waals surface area contributed by atoms with E-state index in [9.17, 15) is 14.0 Å². The summed E-state index contributed by atoms with van der Waals surface area (Å²) in [5, 5.41) is 2.44. The third-order valence-electron chi connectivity index (χ3n) is 4.02. The molecule has 0 aliphatic heterocycles. The van der Waals surface area contributed by atoms with Gasteiger partial charge in [0.2, 0.25) is 5.43 Å². The number of benzene rings is 1. The lowest BCUT2D eigenvalue weighted by atomic mass is 10.1. The fourth-order valence-corrected chi connectivity index (χ4v) is 2.61. The third-order valence-corrected chi connectivity index (χ3v) is 4.02. The zero-order valence-corrected chi connectivity index (χ0v) is 15.4. The van der Waals surface area contributed by atoms with Crippen LogP contribution >= 0.6 is 0 Å². The zero-order valence-electron chi connectivity index (χ0n) is 15.4. The van der Waals surface area contributed by atoms with Crippen LogP contribution in [0.5, 0.6) is 5.75 Å². The van der Waals surface area contributed by atoms with Crippen molar-refractivity contribution >= 4 is 11.6 Å². The van der Waals surface area contributed by atoms with Crippen molar-refractivity contribution < 1.29 is 13.9 Å². The minimum Gasteiger partial charge on any atom is -0.478 e. The van der Waals surface area contributed by atoms with Gasteiger partial charge in [-0.25, -0.2) is 4.39 Å². The van der Waals surface area contributed by atoms with Gasteiger partial charge in [0, 0.05) is 18.8 Å². The molecule has 1 N–H and O–H groups in total. The van der Waals surface area contributed by atoms with Gasteiger partial charge in [-0.1, -0.05) is 32.9 Å². The maximum absolute atomic E-state index is 13.6. The predicted octanol–water partition coefficient (Wildman–Crippen LogP) is 3.61. The number of carbonyl (C=O) groups excluding carboxylic acids is 1. The molecule has 6 heteroatoms. The molecule has 26 heavy (non-hydrogen) atoms. The maximum atomic E-state index is 13.6. The topological polar surface area (TPSA) is 60.3 Å². The molecule has 1 aromatic heterocycles. The first kappa shape index (κ1) is 19.7. The van der Waals surface area contributed by atoms with E-state index in [0.29, 0.717) is 12.3 Å². The first-order valence-electron chi connectivity index (χ1n) is 8.81. The number of carbonyl (C=O) groups is 1. The molecule has 1 heterocycles. The molecular weight excluding hydrogens is 335 g/mol. The number of amides is 1. The Kier molecular flexibility index (Phi) is 6.95. The molecule has 0 aliphatic carbocycles. The zero-order chi connectivity index (χ0) is 19.1. The monoisotopic (exact) mass is 360 g/mol. The highest BCUT2D eigenvalue weighted by Gasteiger charge is 2.14. The smallest absolute Gasteiger partial charge is 0.262 e. The van der Waals surface area contributed by atoms with E-state index in [0.717, 1.165) is 18.7 Å². The molecule has 0 radical (unpaired) electrons. The minimum absolute atomic E-state index is 0.0826. The molecule has 5 nitrogen and oxygen atoms in total. The molecule has 0 fully saturated rings. The summed E-state index contributed by atoms with van der Waals surface area (Å²) in [5.74, 6) is -0.322. The SMILES string of the molecule is CCc1c(OCC(=O)Nc2ccccc2F)c(=O)ccn1CCC(C)C. The Labute approximate surface area is 152 Å². The van der Waals surface area contributed by atoms with Crippen LogP contribution in [0.2, 0.25) is 0 Å². The number of aromatic nitrogens is 1. The molecule has 0 spiro atoms. The Hall–Kier alpha value is -2.63. The van der Waals surface area contributed by atoms with E-state index in [1.165, 1.54) is 18.2 Å². The van der Waals surface area contributed by atoms with Crippen molar-refractivity contribution in [3.63, 3.8) is 0 Å². The number of para-hydroxylation sites is 1. The molecule has 2 aromatic rings. The maximum Gasteiger partial charge on any atom is 0.262 e. The first-order chi connectivity index (χ1) is 12.4. The summed E-state index contributed by atoms with van der Waals surface area (Å²) >= 11 is 0. The average molecular weight is 360 g/mol. The molecule has 0 aliphatic rings. The Morgan fingerprint density at radius 1 is 1.27 bits per heavy atom. The summed E-state index contributed by atoms with van der Waals surface area (Å²) in [6.45, 7) is 6.63. The lowest BCUT2D eigenvalue weighted by molar-refractivity contribution is -0.118. The Morgan fingerprint density at radius 2 is 2.00 bits per heavy atom. The molecule has 0 saturated carbocycles. The van der Waals surface area contributed by atoms with Gasteiger partial charge in [-0.15, -0.1) is 0 Å². The lowest BCUT2D eigenvalue weighted by Gasteiger charge is -2.17. The van der Waals surface area contributed by atoms with Crippen LogP contribution in [-0.4, -0.2) is 17.1 Å². The number of aryl methyl sites for hydroxylation is 1. The van der Waals surface area contributed by atoms with Gasteiger partial charge in [0.05, 0.1) is 11.4 Å². The van der Waals surface area contributed by atoms with E-state index in [4.69, 9.17) is 4.74 Å². The van der Waals surface area contributed by atoms with Crippen LogP contribution in [-0.2, 0) is 17.8 Å². The number of hydrogen-bond acceptors (Lipinski definition) is 3. The van der Waals surface area contributed by atoms with Crippen molar-refractivity contribution in [3.05, 3.63) is 58.3 Å². The summed E-state index contributed by atoms with van der Waals surface area (Å²) in [4.78, 5) is 24.2.